The first kappa shape index (κ1) is 20.2. The zero-order valence-electron chi connectivity index (χ0n) is 14.9. The van der Waals surface area contributed by atoms with Crippen LogP contribution < -0.4 is 14.8 Å². The summed E-state index contributed by atoms with van der Waals surface area (Å²) in [6.07, 6.45) is 1.81. The van der Waals surface area contributed by atoms with E-state index in [1.165, 1.54) is 17.3 Å². The zero-order valence-corrected chi connectivity index (χ0v) is 18.7. The van der Waals surface area contributed by atoms with Crippen molar-refractivity contribution in [2.75, 3.05) is 6.61 Å². The van der Waals surface area contributed by atoms with Gasteiger partial charge in [-0.05, 0) is 71.3 Å². The molecule has 1 fully saturated rings. The molecule has 3 rings (SSSR count). The largest absolute Gasteiger partial charge is 0.490 e. The van der Waals surface area contributed by atoms with Gasteiger partial charge in [0.15, 0.2) is 11.5 Å². The van der Waals surface area contributed by atoms with Gasteiger partial charge >= 0.3 is 0 Å². The summed E-state index contributed by atoms with van der Waals surface area (Å²) in [5, 5.41) is 2.63. The van der Waals surface area contributed by atoms with E-state index in [9.17, 15) is 4.79 Å². The number of thioether (sulfide) groups is 1. The van der Waals surface area contributed by atoms with Crippen molar-refractivity contribution < 1.29 is 14.3 Å². The monoisotopic (exact) mass is 511 g/mol. The summed E-state index contributed by atoms with van der Waals surface area (Å²) < 4.78 is 13.3. The Labute approximate surface area is 181 Å². The normalized spacial score (nSPS) is 15.1. The third-order valence-electron chi connectivity index (χ3n) is 3.90. The molecule has 2 aromatic carbocycles. The molecule has 4 nitrogen and oxygen atoms in total. The van der Waals surface area contributed by atoms with Crippen molar-refractivity contribution in [1.82, 2.24) is 5.32 Å². The lowest BCUT2D eigenvalue weighted by Gasteiger charge is -2.15. The van der Waals surface area contributed by atoms with Gasteiger partial charge in [0.25, 0.3) is 5.91 Å². The highest BCUT2D eigenvalue weighted by molar-refractivity contribution is 14.1. The lowest BCUT2D eigenvalue weighted by molar-refractivity contribution is -0.115. The summed E-state index contributed by atoms with van der Waals surface area (Å²) >= 11 is 8.53. The molecule has 7 heteroatoms. The molecule has 0 radical (unpaired) electrons. The van der Waals surface area contributed by atoms with E-state index >= 15 is 0 Å². The number of thiocarbonyl (C=S) groups is 1. The Bertz CT molecular complexity index is 927. The number of rotatable bonds is 6. The lowest BCUT2D eigenvalue weighted by atomic mass is 10.1. The molecule has 0 bridgehead atoms. The van der Waals surface area contributed by atoms with Crippen LogP contribution in [-0.2, 0) is 11.4 Å². The SMILES string of the molecule is CCOc1cc(/C=C2\SC(=S)NC2=O)cc(I)c1OCc1ccccc1C. The van der Waals surface area contributed by atoms with Crippen molar-refractivity contribution in [3.8, 4) is 11.5 Å². The van der Waals surface area contributed by atoms with Gasteiger partial charge in [-0.25, -0.2) is 0 Å². The summed E-state index contributed by atoms with van der Waals surface area (Å²) in [7, 11) is 0. The second-order valence-electron chi connectivity index (χ2n) is 5.83. The predicted octanol–water partition coefficient (Wildman–Crippen LogP) is 5.07. The third-order valence-corrected chi connectivity index (χ3v) is 5.87. The number of carbonyl (C=O) groups is 1. The van der Waals surface area contributed by atoms with Crippen LogP contribution in [-0.4, -0.2) is 16.8 Å². The Kier molecular flexibility index (Phi) is 6.78. The van der Waals surface area contributed by atoms with E-state index < -0.39 is 0 Å². The molecule has 1 saturated heterocycles. The maximum absolute atomic E-state index is 11.9. The average Bonchev–Trinajstić information content (AvgIpc) is 2.93. The first-order valence-electron chi connectivity index (χ1n) is 8.36. The first-order chi connectivity index (χ1) is 13.0. The molecule has 1 heterocycles. The average molecular weight is 511 g/mol. The highest BCUT2D eigenvalue weighted by Gasteiger charge is 2.22. The van der Waals surface area contributed by atoms with Crippen molar-refractivity contribution in [3.05, 3.63) is 61.6 Å². The molecule has 0 atom stereocenters. The Balaban J connectivity index is 1.88. The molecular formula is C20H18INO3S2. The van der Waals surface area contributed by atoms with E-state index in [0.717, 1.165) is 14.7 Å². The molecule has 0 aliphatic carbocycles. The van der Waals surface area contributed by atoms with Crippen molar-refractivity contribution in [2.45, 2.75) is 20.5 Å². The fourth-order valence-corrected chi connectivity index (χ4v) is 4.39. The van der Waals surface area contributed by atoms with Gasteiger partial charge in [0, 0.05) is 0 Å². The summed E-state index contributed by atoms with van der Waals surface area (Å²) in [6.45, 7) is 4.99. The molecule has 0 spiro atoms. The van der Waals surface area contributed by atoms with E-state index in [1.54, 1.807) is 0 Å². The van der Waals surface area contributed by atoms with Crippen LogP contribution in [0.1, 0.15) is 23.6 Å². The maximum atomic E-state index is 11.9. The quantitative estimate of drug-likeness (QED) is 0.334. The van der Waals surface area contributed by atoms with Gasteiger partial charge in [0.2, 0.25) is 0 Å². The van der Waals surface area contributed by atoms with Crippen LogP contribution in [0.3, 0.4) is 0 Å². The number of nitrogens with one attached hydrogen (secondary N) is 1. The van der Waals surface area contributed by atoms with E-state index in [-0.39, 0.29) is 5.91 Å². The number of benzene rings is 2. The molecule has 1 aliphatic heterocycles. The molecule has 0 aromatic heterocycles. The number of ether oxygens (including phenoxy) is 2. The van der Waals surface area contributed by atoms with Crippen LogP contribution in [0, 0.1) is 10.5 Å². The van der Waals surface area contributed by atoms with Gasteiger partial charge in [0.1, 0.15) is 10.9 Å². The second-order valence-corrected chi connectivity index (χ2v) is 8.71. The number of carbonyl (C=O) groups excluding carboxylic acids is 1. The Hall–Kier alpha value is -1.58. The molecule has 1 aliphatic rings. The van der Waals surface area contributed by atoms with Crippen molar-refractivity contribution >= 4 is 62.9 Å². The molecule has 0 saturated carbocycles. The van der Waals surface area contributed by atoms with Crippen LogP contribution in [0.2, 0.25) is 0 Å². The standard InChI is InChI=1S/C20H18INO3S2/c1-3-24-16-9-13(10-17-19(23)22-20(26)27-17)8-15(21)18(16)25-11-14-7-5-4-6-12(14)2/h4-10H,3,11H2,1-2H3,(H,22,23,26)/b17-10-. The van der Waals surface area contributed by atoms with Gasteiger partial charge in [-0.2, -0.15) is 0 Å². The predicted molar refractivity (Wildman–Crippen MR) is 122 cm³/mol. The minimum Gasteiger partial charge on any atom is -0.490 e. The molecule has 1 amide bonds. The van der Waals surface area contributed by atoms with Gasteiger partial charge < -0.3 is 14.8 Å². The fraction of sp³-hybridized carbons (Fsp3) is 0.200. The molecular weight excluding hydrogens is 493 g/mol. The van der Waals surface area contributed by atoms with Crippen LogP contribution in [0.15, 0.2) is 41.3 Å². The van der Waals surface area contributed by atoms with Crippen molar-refractivity contribution in [1.29, 1.82) is 0 Å². The Morgan fingerprint density at radius 1 is 1.26 bits per heavy atom. The summed E-state index contributed by atoms with van der Waals surface area (Å²) in [4.78, 5) is 12.5. The van der Waals surface area contributed by atoms with Crippen LogP contribution in [0.4, 0.5) is 0 Å². The first-order valence-corrected chi connectivity index (χ1v) is 10.7. The highest BCUT2D eigenvalue weighted by Crippen LogP contribution is 2.36. The molecule has 27 heavy (non-hydrogen) atoms. The van der Waals surface area contributed by atoms with Crippen molar-refractivity contribution in [2.24, 2.45) is 0 Å². The minimum absolute atomic E-state index is 0.169. The number of halogens is 1. The van der Waals surface area contributed by atoms with Gasteiger partial charge in [-0.3, -0.25) is 4.79 Å². The van der Waals surface area contributed by atoms with Crippen molar-refractivity contribution in [3.63, 3.8) is 0 Å². The van der Waals surface area contributed by atoms with Crippen LogP contribution >= 0.6 is 46.6 Å². The Morgan fingerprint density at radius 2 is 2.04 bits per heavy atom. The number of hydrogen-bond donors (Lipinski definition) is 1. The van der Waals surface area contributed by atoms with Gasteiger partial charge in [-0.1, -0.05) is 48.2 Å². The number of amides is 1. The lowest BCUT2D eigenvalue weighted by Crippen LogP contribution is -2.17. The van der Waals surface area contributed by atoms with Gasteiger partial charge in [-0.15, -0.1) is 0 Å². The molecule has 140 valence electrons. The second kappa shape index (κ2) is 9.07. The molecule has 2 aromatic rings. The van der Waals surface area contributed by atoms with Gasteiger partial charge in [0.05, 0.1) is 15.1 Å². The van der Waals surface area contributed by atoms with E-state index in [0.29, 0.717) is 33.9 Å². The maximum Gasteiger partial charge on any atom is 0.263 e. The minimum atomic E-state index is -0.169. The van der Waals surface area contributed by atoms with Crippen LogP contribution in [0.5, 0.6) is 11.5 Å². The topological polar surface area (TPSA) is 47.6 Å². The smallest absolute Gasteiger partial charge is 0.263 e. The van der Waals surface area contributed by atoms with E-state index in [2.05, 4.69) is 47.0 Å². The number of hydrogen-bond acceptors (Lipinski definition) is 5. The third kappa shape index (κ3) is 5.03. The van der Waals surface area contributed by atoms with Crippen LogP contribution in [0.25, 0.3) is 6.08 Å². The summed E-state index contributed by atoms with van der Waals surface area (Å²) in [5.41, 5.74) is 3.19. The molecule has 1 N–H and O–H groups in total. The number of aryl methyl sites for hydroxylation is 1. The zero-order chi connectivity index (χ0) is 19.4. The molecule has 0 unspecified atom stereocenters. The Morgan fingerprint density at radius 3 is 2.70 bits per heavy atom. The van der Waals surface area contributed by atoms with E-state index in [1.807, 2.05) is 37.3 Å². The fourth-order valence-electron chi connectivity index (χ4n) is 2.57. The summed E-state index contributed by atoms with van der Waals surface area (Å²) in [6, 6.07) is 12.0. The summed E-state index contributed by atoms with van der Waals surface area (Å²) in [5.74, 6) is 1.20. The van der Waals surface area contributed by atoms with E-state index in [4.69, 9.17) is 21.7 Å². The highest BCUT2D eigenvalue weighted by atomic mass is 127.